The van der Waals surface area contributed by atoms with Gasteiger partial charge in [-0.25, -0.2) is 0 Å². The summed E-state index contributed by atoms with van der Waals surface area (Å²) in [5, 5.41) is 2.88. The second-order valence-electron chi connectivity index (χ2n) is 2.63. The van der Waals surface area contributed by atoms with E-state index in [0.717, 1.165) is 0 Å². The first-order valence-corrected chi connectivity index (χ1v) is 4.25. The Labute approximate surface area is 81.5 Å². The Balaban J connectivity index is 2.88. The molecule has 1 N–H and O–H groups in total. The van der Waals surface area contributed by atoms with Crippen molar-refractivity contribution in [2.45, 2.75) is 20.0 Å². The molecule has 0 aliphatic carbocycles. The molecular formula is C7H11ClN4O. The van der Waals surface area contributed by atoms with E-state index in [1.54, 1.807) is 7.05 Å². The van der Waals surface area contributed by atoms with Crippen LogP contribution in [0, 0.1) is 0 Å². The van der Waals surface area contributed by atoms with Crippen molar-refractivity contribution in [1.82, 2.24) is 15.0 Å². The largest absolute Gasteiger partial charge is 0.461 e. The van der Waals surface area contributed by atoms with Crippen LogP contribution in [0.25, 0.3) is 0 Å². The van der Waals surface area contributed by atoms with Gasteiger partial charge in [-0.1, -0.05) is 0 Å². The summed E-state index contributed by atoms with van der Waals surface area (Å²) in [7, 11) is 1.70. The maximum Gasteiger partial charge on any atom is 0.322 e. The lowest BCUT2D eigenvalue weighted by molar-refractivity contribution is 0.222. The number of hydrogen-bond donors (Lipinski definition) is 1. The fourth-order valence-corrected chi connectivity index (χ4v) is 0.860. The molecule has 0 aliphatic rings. The van der Waals surface area contributed by atoms with E-state index in [4.69, 9.17) is 16.3 Å². The second-order valence-corrected chi connectivity index (χ2v) is 2.97. The Hall–Kier alpha value is -1.10. The minimum Gasteiger partial charge on any atom is -0.461 e. The van der Waals surface area contributed by atoms with Gasteiger partial charge in [-0.15, -0.1) is 0 Å². The Bertz CT molecular complexity index is 292. The Morgan fingerprint density at radius 3 is 2.54 bits per heavy atom. The molecule has 5 nitrogen and oxygen atoms in total. The van der Waals surface area contributed by atoms with E-state index in [0.29, 0.717) is 5.95 Å². The zero-order chi connectivity index (χ0) is 9.84. The van der Waals surface area contributed by atoms with Crippen molar-refractivity contribution in [3.63, 3.8) is 0 Å². The first kappa shape index (κ1) is 9.98. The maximum atomic E-state index is 5.63. The number of hydrogen-bond acceptors (Lipinski definition) is 5. The molecule has 0 aliphatic heterocycles. The fourth-order valence-electron chi connectivity index (χ4n) is 0.707. The molecule has 0 fully saturated rings. The molecule has 0 bridgehead atoms. The van der Waals surface area contributed by atoms with Crippen molar-refractivity contribution in [2.75, 3.05) is 12.4 Å². The quantitative estimate of drug-likeness (QED) is 0.802. The minimum absolute atomic E-state index is 0.0168. The van der Waals surface area contributed by atoms with Gasteiger partial charge in [-0.3, -0.25) is 0 Å². The lowest BCUT2D eigenvalue weighted by atomic mass is 10.5. The molecule has 0 saturated carbocycles. The van der Waals surface area contributed by atoms with Gasteiger partial charge >= 0.3 is 6.01 Å². The van der Waals surface area contributed by atoms with E-state index in [1.165, 1.54) is 0 Å². The van der Waals surface area contributed by atoms with Crippen LogP contribution in [0.5, 0.6) is 6.01 Å². The summed E-state index contributed by atoms with van der Waals surface area (Å²) in [5.41, 5.74) is 0. The molecule has 1 heterocycles. The van der Waals surface area contributed by atoms with Crippen LogP contribution in [0.3, 0.4) is 0 Å². The SMILES string of the molecule is CNc1nc(Cl)nc(OC(C)C)n1. The Kier molecular flexibility index (Phi) is 3.25. The van der Waals surface area contributed by atoms with Crippen molar-refractivity contribution < 1.29 is 4.74 Å². The third-order valence-electron chi connectivity index (χ3n) is 1.15. The molecular weight excluding hydrogens is 192 g/mol. The Morgan fingerprint density at radius 2 is 2.00 bits per heavy atom. The average molecular weight is 203 g/mol. The summed E-state index contributed by atoms with van der Waals surface area (Å²) in [6.07, 6.45) is 0.0168. The highest BCUT2D eigenvalue weighted by atomic mass is 35.5. The van der Waals surface area contributed by atoms with Crippen LogP contribution in [-0.4, -0.2) is 28.1 Å². The van der Waals surface area contributed by atoms with Crippen LogP contribution in [-0.2, 0) is 0 Å². The van der Waals surface area contributed by atoms with Crippen LogP contribution in [0.4, 0.5) is 5.95 Å². The van der Waals surface area contributed by atoms with Crippen molar-refractivity contribution in [1.29, 1.82) is 0 Å². The molecule has 1 rings (SSSR count). The molecule has 0 atom stereocenters. The van der Waals surface area contributed by atoms with Crippen molar-refractivity contribution >= 4 is 17.5 Å². The summed E-state index contributed by atoms with van der Waals surface area (Å²) in [4.78, 5) is 11.6. The van der Waals surface area contributed by atoms with Gasteiger partial charge in [0.1, 0.15) is 0 Å². The molecule has 1 aromatic heterocycles. The van der Waals surface area contributed by atoms with E-state index >= 15 is 0 Å². The van der Waals surface area contributed by atoms with Gasteiger partial charge in [0.25, 0.3) is 0 Å². The first-order valence-electron chi connectivity index (χ1n) is 3.88. The van der Waals surface area contributed by atoms with Crippen LogP contribution in [0.1, 0.15) is 13.8 Å². The van der Waals surface area contributed by atoms with Gasteiger partial charge in [0.15, 0.2) is 0 Å². The molecule has 0 unspecified atom stereocenters. The van der Waals surface area contributed by atoms with Crippen molar-refractivity contribution in [3.8, 4) is 6.01 Å². The van der Waals surface area contributed by atoms with E-state index in [2.05, 4.69) is 20.3 Å². The maximum absolute atomic E-state index is 5.63. The van der Waals surface area contributed by atoms with Crippen LogP contribution >= 0.6 is 11.6 Å². The molecule has 6 heteroatoms. The molecule has 0 amide bonds. The van der Waals surface area contributed by atoms with E-state index in [9.17, 15) is 0 Å². The van der Waals surface area contributed by atoms with Gasteiger partial charge in [0.2, 0.25) is 11.2 Å². The number of rotatable bonds is 3. The van der Waals surface area contributed by atoms with Gasteiger partial charge in [0, 0.05) is 7.05 Å². The number of nitrogens with one attached hydrogen (secondary N) is 1. The van der Waals surface area contributed by atoms with E-state index < -0.39 is 0 Å². The molecule has 1 aromatic rings. The molecule has 0 aromatic carbocycles. The van der Waals surface area contributed by atoms with Crippen LogP contribution in [0.2, 0.25) is 5.28 Å². The monoisotopic (exact) mass is 202 g/mol. The average Bonchev–Trinajstić information content (AvgIpc) is 2.01. The van der Waals surface area contributed by atoms with Crippen LogP contribution < -0.4 is 10.1 Å². The van der Waals surface area contributed by atoms with E-state index in [-0.39, 0.29) is 17.4 Å². The number of anilines is 1. The van der Waals surface area contributed by atoms with Gasteiger partial charge in [-0.2, -0.15) is 15.0 Å². The predicted molar refractivity (Wildman–Crippen MR) is 50.1 cm³/mol. The lowest BCUT2D eigenvalue weighted by Gasteiger charge is -2.07. The normalized spacial score (nSPS) is 10.2. The molecule has 72 valence electrons. The topological polar surface area (TPSA) is 59.9 Å². The highest BCUT2D eigenvalue weighted by Gasteiger charge is 2.05. The number of aromatic nitrogens is 3. The number of ether oxygens (including phenoxy) is 1. The van der Waals surface area contributed by atoms with Crippen LogP contribution in [0.15, 0.2) is 0 Å². The molecule has 13 heavy (non-hydrogen) atoms. The summed E-state index contributed by atoms with van der Waals surface area (Å²) in [6.45, 7) is 3.77. The third-order valence-corrected chi connectivity index (χ3v) is 1.32. The van der Waals surface area contributed by atoms with Crippen molar-refractivity contribution in [3.05, 3.63) is 5.28 Å². The molecule has 0 radical (unpaired) electrons. The van der Waals surface area contributed by atoms with Gasteiger partial charge in [-0.05, 0) is 25.4 Å². The van der Waals surface area contributed by atoms with Crippen molar-refractivity contribution in [2.24, 2.45) is 0 Å². The fraction of sp³-hybridized carbons (Fsp3) is 0.571. The third kappa shape index (κ3) is 3.02. The smallest absolute Gasteiger partial charge is 0.322 e. The second kappa shape index (κ2) is 4.23. The summed E-state index contributed by atoms with van der Waals surface area (Å²) in [6, 6.07) is 0.236. The standard InChI is InChI=1S/C7H11ClN4O/c1-4(2)13-7-11-5(8)10-6(9-3)12-7/h4H,1-3H3,(H,9,10,11,12). The first-order chi connectivity index (χ1) is 6.11. The molecule has 0 spiro atoms. The van der Waals surface area contributed by atoms with Gasteiger partial charge in [0.05, 0.1) is 6.10 Å². The van der Waals surface area contributed by atoms with E-state index in [1.807, 2.05) is 13.8 Å². The highest BCUT2D eigenvalue weighted by molar-refractivity contribution is 6.28. The van der Waals surface area contributed by atoms with Gasteiger partial charge < -0.3 is 10.1 Å². The summed E-state index contributed by atoms with van der Waals surface area (Å²) >= 11 is 5.63. The lowest BCUT2D eigenvalue weighted by Crippen LogP contribution is -2.10. The summed E-state index contributed by atoms with van der Waals surface area (Å²) in [5.74, 6) is 0.399. The number of halogens is 1. The zero-order valence-corrected chi connectivity index (χ0v) is 8.46. The summed E-state index contributed by atoms with van der Waals surface area (Å²) < 4.78 is 5.25. The number of nitrogens with zero attached hydrogens (tertiary/aromatic N) is 3. The predicted octanol–water partition coefficient (Wildman–Crippen LogP) is 1.35. The highest BCUT2D eigenvalue weighted by Crippen LogP contribution is 2.11. The zero-order valence-electron chi connectivity index (χ0n) is 7.71. The molecule has 0 saturated heterocycles. The Morgan fingerprint density at radius 1 is 1.31 bits per heavy atom. The minimum atomic E-state index is 0.0168.